The maximum Gasteiger partial charge on any atom is 0.0132 e. The first kappa shape index (κ1) is 16.3. The van der Waals surface area contributed by atoms with Gasteiger partial charge in [0, 0.05) is 18.1 Å². The predicted octanol–water partition coefficient (Wildman–Crippen LogP) is 5.20. The molecule has 1 saturated heterocycles. The molecule has 20 heavy (non-hydrogen) atoms. The lowest BCUT2D eigenvalue weighted by atomic mass is 9.61. The van der Waals surface area contributed by atoms with E-state index < -0.39 is 0 Å². The minimum absolute atomic E-state index is 0.329. The third-order valence-corrected chi connectivity index (χ3v) is 6.07. The van der Waals surface area contributed by atoms with Crippen LogP contribution < -0.4 is 0 Å². The summed E-state index contributed by atoms with van der Waals surface area (Å²) in [6.07, 6.45) is 5.83. The molecule has 0 aromatic rings. The van der Waals surface area contributed by atoms with Crippen LogP contribution in [0, 0.1) is 29.6 Å². The normalized spacial score (nSPS) is 36.5. The van der Waals surface area contributed by atoms with Crippen molar-refractivity contribution in [3.63, 3.8) is 0 Å². The van der Waals surface area contributed by atoms with Crippen molar-refractivity contribution in [3.05, 3.63) is 0 Å². The standard InChI is InChI=1S/C19H37N/c1-13(2)16-12-20(19(5,6)7)17-11-9-8-10-15(17)18(16)14(3)4/h13-18H,8-12H2,1-7H3. The number of hydrogen-bond acceptors (Lipinski definition) is 1. The fraction of sp³-hybridized carbons (Fsp3) is 1.00. The second kappa shape index (κ2) is 5.99. The second-order valence-corrected chi connectivity index (χ2v) is 9.07. The molecule has 0 radical (unpaired) electrons. The molecule has 1 heteroatoms. The van der Waals surface area contributed by atoms with Gasteiger partial charge in [0.15, 0.2) is 0 Å². The van der Waals surface area contributed by atoms with Gasteiger partial charge in [0.25, 0.3) is 0 Å². The molecule has 4 atom stereocenters. The predicted molar refractivity (Wildman–Crippen MR) is 88.9 cm³/mol. The zero-order chi connectivity index (χ0) is 15.1. The Kier molecular flexibility index (Phi) is 4.89. The number of piperidine rings is 1. The van der Waals surface area contributed by atoms with E-state index in [2.05, 4.69) is 53.4 Å². The number of nitrogens with zero attached hydrogens (tertiary/aromatic N) is 1. The Labute approximate surface area is 127 Å². The van der Waals surface area contributed by atoms with Gasteiger partial charge in [0.05, 0.1) is 0 Å². The van der Waals surface area contributed by atoms with E-state index in [9.17, 15) is 0 Å². The molecule has 4 unspecified atom stereocenters. The Hall–Kier alpha value is -0.0400. The molecule has 1 saturated carbocycles. The topological polar surface area (TPSA) is 3.24 Å². The van der Waals surface area contributed by atoms with Crippen molar-refractivity contribution in [2.24, 2.45) is 29.6 Å². The fourth-order valence-corrected chi connectivity index (χ4v) is 5.19. The van der Waals surface area contributed by atoms with Crippen LogP contribution >= 0.6 is 0 Å². The van der Waals surface area contributed by atoms with Crippen LogP contribution in [0.15, 0.2) is 0 Å². The summed E-state index contributed by atoms with van der Waals surface area (Å²) in [6, 6.07) is 0.853. The molecule has 1 aliphatic heterocycles. The highest BCUT2D eigenvalue weighted by molar-refractivity contribution is 5.00. The first-order valence-electron chi connectivity index (χ1n) is 9.00. The summed E-state index contributed by atoms with van der Waals surface area (Å²) in [5.74, 6) is 4.43. The molecule has 2 rings (SSSR count). The molecular weight excluding hydrogens is 242 g/mol. The Morgan fingerprint density at radius 2 is 1.50 bits per heavy atom. The van der Waals surface area contributed by atoms with Gasteiger partial charge in [-0.25, -0.2) is 0 Å². The maximum absolute atomic E-state index is 2.88. The molecule has 1 heterocycles. The molecule has 0 aromatic carbocycles. The Morgan fingerprint density at radius 1 is 0.900 bits per heavy atom. The molecule has 1 nitrogen and oxygen atoms in total. The smallest absolute Gasteiger partial charge is 0.0132 e. The third kappa shape index (κ3) is 3.08. The third-order valence-electron chi connectivity index (χ3n) is 6.07. The Morgan fingerprint density at radius 3 is 2.00 bits per heavy atom. The van der Waals surface area contributed by atoms with E-state index in [0.29, 0.717) is 5.54 Å². The highest BCUT2D eigenvalue weighted by Gasteiger charge is 2.48. The lowest BCUT2D eigenvalue weighted by Crippen LogP contribution is -2.61. The monoisotopic (exact) mass is 279 g/mol. The Bertz CT molecular complexity index is 312. The molecule has 1 aliphatic carbocycles. The highest BCUT2D eigenvalue weighted by atomic mass is 15.2. The van der Waals surface area contributed by atoms with Crippen LogP contribution in [0.4, 0.5) is 0 Å². The van der Waals surface area contributed by atoms with Crippen LogP contribution in [-0.2, 0) is 0 Å². The van der Waals surface area contributed by atoms with Crippen molar-refractivity contribution in [3.8, 4) is 0 Å². The van der Waals surface area contributed by atoms with Crippen molar-refractivity contribution < 1.29 is 0 Å². The van der Waals surface area contributed by atoms with Crippen LogP contribution in [0.3, 0.4) is 0 Å². The zero-order valence-electron chi connectivity index (χ0n) is 14.9. The van der Waals surface area contributed by atoms with Gasteiger partial charge in [0.1, 0.15) is 0 Å². The molecule has 118 valence electrons. The minimum Gasteiger partial charge on any atom is -0.295 e. The van der Waals surface area contributed by atoms with E-state index >= 15 is 0 Å². The lowest BCUT2D eigenvalue weighted by Gasteiger charge is -2.58. The summed E-state index contributed by atoms with van der Waals surface area (Å²) in [7, 11) is 0. The average Bonchev–Trinajstić information content (AvgIpc) is 2.34. The van der Waals surface area contributed by atoms with E-state index in [1.54, 1.807) is 0 Å². The van der Waals surface area contributed by atoms with Crippen LogP contribution in [0.5, 0.6) is 0 Å². The van der Waals surface area contributed by atoms with Crippen molar-refractivity contribution >= 4 is 0 Å². The highest BCUT2D eigenvalue weighted by Crippen LogP contribution is 2.48. The van der Waals surface area contributed by atoms with E-state index in [1.165, 1.54) is 32.2 Å². The summed E-state index contributed by atoms with van der Waals surface area (Å²) in [6.45, 7) is 18.4. The van der Waals surface area contributed by atoms with E-state index in [-0.39, 0.29) is 0 Å². The van der Waals surface area contributed by atoms with Gasteiger partial charge in [-0.2, -0.15) is 0 Å². The number of hydrogen-bond donors (Lipinski definition) is 0. The van der Waals surface area contributed by atoms with Crippen molar-refractivity contribution in [2.45, 2.75) is 85.7 Å². The van der Waals surface area contributed by atoms with Crippen molar-refractivity contribution in [1.29, 1.82) is 0 Å². The van der Waals surface area contributed by atoms with E-state index in [4.69, 9.17) is 0 Å². The molecule has 0 spiro atoms. The van der Waals surface area contributed by atoms with E-state index in [0.717, 1.165) is 35.6 Å². The van der Waals surface area contributed by atoms with Crippen LogP contribution in [0.25, 0.3) is 0 Å². The van der Waals surface area contributed by atoms with Crippen molar-refractivity contribution in [2.75, 3.05) is 6.54 Å². The van der Waals surface area contributed by atoms with Gasteiger partial charge in [-0.1, -0.05) is 40.5 Å². The van der Waals surface area contributed by atoms with Gasteiger partial charge in [-0.15, -0.1) is 0 Å². The molecule has 2 aliphatic rings. The molecule has 0 aromatic heterocycles. The molecule has 0 amide bonds. The number of likely N-dealkylation sites (tertiary alicyclic amines) is 1. The summed E-state index contributed by atoms with van der Waals surface area (Å²) >= 11 is 0. The van der Waals surface area contributed by atoms with Crippen LogP contribution in [0.1, 0.15) is 74.1 Å². The van der Waals surface area contributed by atoms with Gasteiger partial charge in [0.2, 0.25) is 0 Å². The Balaban J connectivity index is 2.32. The lowest BCUT2D eigenvalue weighted by molar-refractivity contribution is -0.0888. The van der Waals surface area contributed by atoms with Gasteiger partial charge in [-0.3, -0.25) is 4.90 Å². The SMILES string of the molecule is CC(C)C1CN(C(C)(C)C)C2CCCCC2C1C(C)C. The fourth-order valence-electron chi connectivity index (χ4n) is 5.19. The second-order valence-electron chi connectivity index (χ2n) is 9.07. The molecular formula is C19H37N. The summed E-state index contributed by atoms with van der Waals surface area (Å²) in [5, 5.41) is 0. The van der Waals surface area contributed by atoms with Crippen LogP contribution in [0.2, 0.25) is 0 Å². The number of rotatable bonds is 2. The first-order chi connectivity index (χ1) is 9.23. The van der Waals surface area contributed by atoms with Crippen LogP contribution in [-0.4, -0.2) is 23.0 Å². The molecule has 0 bridgehead atoms. The summed E-state index contributed by atoms with van der Waals surface area (Å²) < 4.78 is 0. The van der Waals surface area contributed by atoms with Gasteiger partial charge >= 0.3 is 0 Å². The quantitative estimate of drug-likeness (QED) is 0.671. The minimum atomic E-state index is 0.329. The summed E-state index contributed by atoms with van der Waals surface area (Å²) in [5.41, 5.74) is 0.329. The average molecular weight is 280 g/mol. The van der Waals surface area contributed by atoms with E-state index in [1.807, 2.05) is 0 Å². The molecule has 2 fully saturated rings. The van der Waals surface area contributed by atoms with Gasteiger partial charge in [-0.05, 0) is 63.2 Å². The summed E-state index contributed by atoms with van der Waals surface area (Å²) in [4.78, 5) is 2.88. The molecule has 0 N–H and O–H groups in total. The first-order valence-corrected chi connectivity index (χ1v) is 9.00. The zero-order valence-corrected chi connectivity index (χ0v) is 14.9. The maximum atomic E-state index is 2.88. The van der Waals surface area contributed by atoms with Crippen molar-refractivity contribution in [1.82, 2.24) is 4.90 Å². The number of fused-ring (bicyclic) bond motifs is 1. The van der Waals surface area contributed by atoms with Gasteiger partial charge < -0.3 is 0 Å². The largest absolute Gasteiger partial charge is 0.295 e.